The quantitative estimate of drug-likeness (QED) is 0.0417. The topological polar surface area (TPSA) is 400 Å². The van der Waals surface area contributed by atoms with Crippen LogP contribution in [-0.4, -0.2) is 113 Å². The zero-order valence-electron chi connectivity index (χ0n) is 26.6. The van der Waals surface area contributed by atoms with Crippen molar-refractivity contribution in [3.05, 3.63) is 23.3 Å². The molecule has 0 bridgehead atoms. The number of hydrogen-bond acceptors (Lipinski definition) is 24. The van der Waals surface area contributed by atoms with Crippen molar-refractivity contribution in [1.29, 1.82) is 0 Å². The van der Waals surface area contributed by atoms with E-state index in [1.807, 2.05) is 0 Å². The van der Waals surface area contributed by atoms with E-state index in [0.29, 0.717) is 49.0 Å². The van der Waals surface area contributed by atoms with Crippen LogP contribution in [0.5, 0.6) is 0 Å². The SMILES string of the molecule is Nc1nc(N)nc(CCOCC(COCCc2nc(N)nc(N)n2)(COCCc2nc(N)nc(N)n2)COCCc2nc(N)nc(N)n2)n1. The third-order valence-corrected chi connectivity index (χ3v) is 6.38. The lowest BCUT2D eigenvalue weighted by atomic mass is 9.92. The largest absolute Gasteiger partial charge is 0.380 e. The van der Waals surface area contributed by atoms with Crippen molar-refractivity contribution in [2.75, 3.05) is 98.7 Å². The van der Waals surface area contributed by atoms with Crippen LogP contribution in [-0.2, 0) is 44.6 Å². The van der Waals surface area contributed by atoms with Gasteiger partial charge in [-0.2, -0.15) is 59.8 Å². The second-order valence-electron chi connectivity index (χ2n) is 10.6. The standard InChI is InChI=1S/C25H40N20O4/c26-17-34-13(35-18(27)42-17)1-5-46-9-25(10-47-6-2-14-36-19(28)43-20(29)37-14,11-48-7-3-15-38-21(30)44-22(31)39-15)12-49-8-4-16-40-23(32)45-24(33)41-16/h1-12H2,(H4,26,27,34,35,42)(H4,28,29,36,37,43)(H4,30,31,38,39,44)(H4,32,33,40,41,45). The summed E-state index contributed by atoms with van der Waals surface area (Å²) in [5, 5.41) is 0. The van der Waals surface area contributed by atoms with Crippen molar-refractivity contribution in [3.63, 3.8) is 0 Å². The van der Waals surface area contributed by atoms with E-state index in [2.05, 4.69) is 59.8 Å². The molecule has 49 heavy (non-hydrogen) atoms. The molecule has 4 aromatic heterocycles. The Hall–Kier alpha value is -5.72. The first-order valence-electron chi connectivity index (χ1n) is 14.8. The number of ether oxygens (including phenoxy) is 4. The summed E-state index contributed by atoms with van der Waals surface area (Å²) in [5.41, 5.74) is 44.8. The maximum atomic E-state index is 6.10. The Labute approximate surface area is 279 Å². The minimum absolute atomic E-state index is 0.0112. The summed E-state index contributed by atoms with van der Waals surface area (Å²) in [7, 11) is 0. The average molecular weight is 685 g/mol. The monoisotopic (exact) mass is 684 g/mol. The molecule has 264 valence electrons. The normalized spacial score (nSPS) is 11.6. The Morgan fingerprint density at radius 3 is 0.673 bits per heavy atom. The molecule has 0 unspecified atom stereocenters. The maximum absolute atomic E-state index is 6.10. The van der Waals surface area contributed by atoms with E-state index in [-0.39, 0.29) is 100 Å². The zero-order chi connectivity index (χ0) is 35.2. The molecule has 0 atom stereocenters. The number of nitrogens with zero attached hydrogens (tertiary/aromatic N) is 12. The molecule has 0 amide bonds. The molecule has 0 fully saturated rings. The second kappa shape index (κ2) is 17.4. The molecule has 4 rings (SSSR count). The van der Waals surface area contributed by atoms with Gasteiger partial charge in [-0.1, -0.05) is 0 Å². The lowest BCUT2D eigenvalue weighted by Crippen LogP contribution is -2.42. The first-order chi connectivity index (χ1) is 23.5. The van der Waals surface area contributed by atoms with Crippen LogP contribution in [0.2, 0.25) is 0 Å². The third kappa shape index (κ3) is 12.4. The van der Waals surface area contributed by atoms with Crippen molar-refractivity contribution in [3.8, 4) is 0 Å². The number of aromatic nitrogens is 12. The molecule has 0 aliphatic carbocycles. The number of anilines is 8. The smallest absolute Gasteiger partial charge is 0.225 e. The highest BCUT2D eigenvalue weighted by Crippen LogP contribution is 2.22. The predicted octanol–water partition coefficient (Wildman–Crippen LogP) is -3.59. The Morgan fingerprint density at radius 1 is 0.306 bits per heavy atom. The molecular weight excluding hydrogens is 644 g/mol. The van der Waals surface area contributed by atoms with Gasteiger partial charge in [-0.3, -0.25) is 0 Å². The fraction of sp³-hybridized carbons (Fsp3) is 0.520. The van der Waals surface area contributed by atoms with Crippen LogP contribution in [0.15, 0.2) is 0 Å². The minimum atomic E-state index is -0.845. The molecule has 0 aromatic carbocycles. The molecule has 4 aromatic rings. The summed E-state index contributed by atoms with van der Waals surface area (Å²) in [6.07, 6.45) is 1.23. The number of nitrogen functional groups attached to an aromatic ring is 8. The van der Waals surface area contributed by atoms with Crippen LogP contribution in [0.4, 0.5) is 47.6 Å². The van der Waals surface area contributed by atoms with Gasteiger partial charge in [0.1, 0.15) is 23.3 Å². The number of nitrogens with two attached hydrogens (primary N) is 8. The van der Waals surface area contributed by atoms with Crippen molar-refractivity contribution in [2.45, 2.75) is 25.7 Å². The van der Waals surface area contributed by atoms with Crippen LogP contribution >= 0.6 is 0 Å². The first-order valence-corrected chi connectivity index (χ1v) is 14.8. The van der Waals surface area contributed by atoms with E-state index in [4.69, 9.17) is 64.8 Å². The summed E-state index contributed by atoms with van der Waals surface area (Å²) in [5.74, 6) is 1.60. The van der Waals surface area contributed by atoms with E-state index in [1.54, 1.807) is 0 Å². The van der Waals surface area contributed by atoms with Gasteiger partial charge < -0.3 is 64.8 Å². The molecule has 0 aliphatic heterocycles. The summed E-state index contributed by atoms with van der Waals surface area (Å²) in [6.45, 7) is 1.36. The molecule has 0 spiro atoms. The van der Waals surface area contributed by atoms with Gasteiger partial charge in [0.25, 0.3) is 0 Å². The second-order valence-corrected chi connectivity index (χ2v) is 10.6. The lowest BCUT2D eigenvalue weighted by Gasteiger charge is -2.33. The molecule has 0 saturated carbocycles. The van der Waals surface area contributed by atoms with E-state index >= 15 is 0 Å². The van der Waals surface area contributed by atoms with Crippen LogP contribution in [0.25, 0.3) is 0 Å². The highest BCUT2D eigenvalue weighted by Gasteiger charge is 2.33. The van der Waals surface area contributed by atoms with Gasteiger partial charge in [0.15, 0.2) is 0 Å². The summed E-state index contributed by atoms with van der Waals surface area (Å²) in [4.78, 5) is 47.9. The Morgan fingerprint density at radius 2 is 0.490 bits per heavy atom. The van der Waals surface area contributed by atoms with Crippen molar-refractivity contribution in [2.24, 2.45) is 5.41 Å². The molecule has 16 N–H and O–H groups in total. The minimum Gasteiger partial charge on any atom is -0.380 e. The van der Waals surface area contributed by atoms with Gasteiger partial charge in [0.05, 0.1) is 58.3 Å². The van der Waals surface area contributed by atoms with Crippen LogP contribution in [0.1, 0.15) is 23.3 Å². The van der Waals surface area contributed by atoms with Gasteiger partial charge >= 0.3 is 0 Å². The molecule has 0 aliphatic rings. The molecule has 0 saturated heterocycles. The summed E-state index contributed by atoms with van der Waals surface area (Å²) < 4.78 is 24.4. The van der Waals surface area contributed by atoms with E-state index < -0.39 is 5.41 Å². The van der Waals surface area contributed by atoms with Crippen molar-refractivity contribution >= 4 is 47.6 Å². The molecule has 24 heteroatoms. The molecule has 4 heterocycles. The first kappa shape index (κ1) is 36.1. The fourth-order valence-electron chi connectivity index (χ4n) is 4.33. The Balaban J connectivity index is 1.45. The molecular formula is C25H40N20O4. The third-order valence-electron chi connectivity index (χ3n) is 6.38. The van der Waals surface area contributed by atoms with Crippen LogP contribution < -0.4 is 45.9 Å². The maximum Gasteiger partial charge on any atom is 0.225 e. The highest BCUT2D eigenvalue weighted by molar-refractivity contribution is 5.28. The molecule has 24 nitrogen and oxygen atoms in total. The van der Waals surface area contributed by atoms with Gasteiger partial charge in [0.2, 0.25) is 47.6 Å². The van der Waals surface area contributed by atoms with E-state index in [9.17, 15) is 0 Å². The van der Waals surface area contributed by atoms with Gasteiger partial charge in [-0.15, -0.1) is 0 Å². The van der Waals surface area contributed by atoms with E-state index in [0.717, 1.165) is 0 Å². The summed E-state index contributed by atoms with van der Waals surface area (Å²) in [6, 6.07) is 0. The average Bonchev–Trinajstić information content (AvgIpc) is 3.00. The van der Waals surface area contributed by atoms with Gasteiger partial charge in [-0.05, 0) is 0 Å². The fourth-order valence-corrected chi connectivity index (χ4v) is 4.33. The van der Waals surface area contributed by atoms with Crippen LogP contribution in [0, 0.1) is 5.41 Å². The molecule has 0 radical (unpaired) electrons. The predicted molar refractivity (Wildman–Crippen MR) is 175 cm³/mol. The zero-order valence-corrected chi connectivity index (χ0v) is 26.6. The number of rotatable bonds is 20. The van der Waals surface area contributed by atoms with Crippen LogP contribution in [0.3, 0.4) is 0 Å². The van der Waals surface area contributed by atoms with Gasteiger partial charge in [-0.25, -0.2) is 0 Å². The Kier molecular flexibility index (Phi) is 12.9. The lowest BCUT2D eigenvalue weighted by molar-refractivity contribution is -0.106. The van der Waals surface area contributed by atoms with Crippen molar-refractivity contribution in [1.82, 2.24) is 59.8 Å². The highest BCUT2D eigenvalue weighted by atomic mass is 16.5. The van der Waals surface area contributed by atoms with Gasteiger partial charge in [0, 0.05) is 25.7 Å². The number of hydrogen-bond donors (Lipinski definition) is 8. The Bertz CT molecular complexity index is 1340. The van der Waals surface area contributed by atoms with Crippen molar-refractivity contribution < 1.29 is 18.9 Å². The van der Waals surface area contributed by atoms with E-state index in [1.165, 1.54) is 0 Å². The summed E-state index contributed by atoms with van der Waals surface area (Å²) >= 11 is 0.